The van der Waals surface area contributed by atoms with Crippen LogP contribution >= 0.6 is 0 Å². The predicted octanol–water partition coefficient (Wildman–Crippen LogP) is 7.69. The standard InChI is InChI=1S/C40H72N2O4/c1-15-32-20-34(43)28(6)33(19-31-18-24(2)37(44)40(11,23-31)46-14)27(5)30(8)39(10,45-13)21-25(3)35-29(7)36-38(32,9)22-26(4)42(36)17-16-41(35)12/h24-25,27-33,35-37,44H,4,15-23H2,1-3,5-14H3/t24?,25-,27-,28?,29?,30-,31+,32+,33+,35?,36?,37+,38-,39-,40-/m1/s1. The molecule has 0 aromatic rings. The van der Waals surface area contributed by atoms with Crippen molar-refractivity contribution in [1.82, 2.24) is 9.80 Å². The number of fused-ring (bicyclic) bond motifs is 1. The number of hydrogen-bond donors (Lipinski definition) is 1. The molecule has 0 aromatic heterocycles. The van der Waals surface area contributed by atoms with Gasteiger partial charge in [-0.2, -0.15) is 0 Å². The van der Waals surface area contributed by atoms with Crippen molar-refractivity contribution in [3.05, 3.63) is 12.3 Å². The topological polar surface area (TPSA) is 62.2 Å². The Morgan fingerprint density at radius 1 is 0.935 bits per heavy atom. The van der Waals surface area contributed by atoms with Crippen molar-refractivity contribution in [2.75, 3.05) is 34.4 Å². The normalized spacial score (nSPS) is 49.9. The van der Waals surface area contributed by atoms with Gasteiger partial charge in [0.25, 0.3) is 0 Å². The summed E-state index contributed by atoms with van der Waals surface area (Å²) < 4.78 is 12.5. The first-order chi connectivity index (χ1) is 21.4. The van der Waals surface area contributed by atoms with Gasteiger partial charge in [0.05, 0.1) is 17.3 Å². The van der Waals surface area contributed by atoms with Crippen LogP contribution in [0.15, 0.2) is 12.3 Å². The minimum atomic E-state index is -0.555. The molecular weight excluding hydrogens is 572 g/mol. The molecule has 15 atom stereocenters. The van der Waals surface area contributed by atoms with Gasteiger partial charge in [-0.15, -0.1) is 0 Å². The molecule has 2 saturated heterocycles. The van der Waals surface area contributed by atoms with E-state index in [1.165, 1.54) is 5.70 Å². The molecule has 4 fully saturated rings. The number of aliphatic hydroxyl groups is 1. The van der Waals surface area contributed by atoms with Crippen molar-refractivity contribution in [3.63, 3.8) is 0 Å². The summed E-state index contributed by atoms with van der Waals surface area (Å²) in [4.78, 5) is 19.9. The highest BCUT2D eigenvalue weighted by Gasteiger charge is 2.56. The van der Waals surface area contributed by atoms with Gasteiger partial charge in [-0.1, -0.05) is 68.4 Å². The van der Waals surface area contributed by atoms with E-state index < -0.39 is 11.7 Å². The summed E-state index contributed by atoms with van der Waals surface area (Å²) in [5.41, 5.74) is 0.394. The van der Waals surface area contributed by atoms with Crippen LogP contribution in [0.5, 0.6) is 0 Å². The van der Waals surface area contributed by atoms with Gasteiger partial charge in [0.15, 0.2) is 0 Å². The lowest BCUT2D eigenvalue weighted by Crippen LogP contribution is -2.54. The Balaban J connectivity index is 1.80. The molecule has 0 aromatic carbocycles. The zero-order valence-corrected chi connectivity index (χ0v) is 32.1. The molecule has 0 radical (unpaired) electrons. The SMILES string of the molecule is C=C1C[C@@]2(C)C3C(C)C([C@H](C)C[C@@](C)(OC)[C@H](C)[C@@H](C)[C@H](C[C@@H]4CC(C)[C@H](O)[C@](C)(OC)C4)C(C)C(=O)C[C@@H]2CC)N(C)CCN13. The molecule has 0 spiro atoms. The van der Waals surface area contributed by atoms with Crippen LogP contribution in [0.2, 0.25) is 0 Å². The van der Waals surface area contributed by atoms with E-state index in [-0.39, 0.29) is 34.7 Å². The predicted molar refractivity (Wildman–Crippen MR) is 189 cm³/mol. The molecule has 6 heteroatoms. The molecule has 2 saturated carbocycles. The number of allylic oxidation sites excluding steroid dienone is 1. The minimum Gasteiger partial charge on any atom is -0.390 e. The Labute approximate surface area is 283 Å². The number of methoxy groups -OCH3 is 2. The van der Waals surface area contributed by atoms with E-state index in [0.29, 0.717) is 53.9 Å². The summed E-state index contributed by atoms with van der Waals surface area (Å²) in [5, 5.41) is 11.1. The molecule has 2 bridgehead atoms. The van der Waals surface area contributed by atoms with Gasteiger partial charge in [-0.25, -0.2) is 0 Å². The van der Waals surface area contributed by atoms with E-state index >= 15 is 0 Å². The fourth-order valence-corrected chi connectivity index (χ4v) is 12.1. The molecule has 4 rings (SSSR count). The van der Waals surface area contributed by atoms with Crippen molar-refractivity contribution in [1.29, 1.82) is 0 Å². The Hall–Kier alpha value is -0.950. The molecule has 2 heterocycles. The first kappa shape index (κ1) is 37.9. The highest BCUT2D eigenvalue weighted by molar-refractivity contribution is 5.81. The van der Waals surface area contributed by atoms with Crippen molar-refractivity contribution in [2.45, 2.75) is 144 Å². The lowest BCUT2D eigenvalue weighted by atomic mass is 9.59. The maximum atomic E-state index is 14.7. The summed E-state index contributed by atoms with van der Waals surface area (Å²) >= 11 is 0. The molecule has 6 nitrogen and oxygen atoms in total. The van der Waals surface area contributed by atoms with E-state index in [0.717, 1.165) is 51.6 Å². The highest BCUT2D eigenvalue weighted by atomic mass is 16.5. The molecule has 4 aliphatic rings. The lowest BCUT2D eigenvalue weighted by Gasteiger charge is -2.50. The second kappa shape index (κ2) is 14.1. The number of carbonyl (C=O) groups is 1. The van der Waals surface area contributed by atoms with Crippen molar-refractivity contribution in [2.24, 2.45) is 58.7 Å². The van der Waals surface area contributed by atoms with Crippen molar-refractivity contribution in [3.8, 4) is 0 Å². The zero-order valence-electron chi connectivity index (χ0n) is 32.1. The molecule has 1 N–H and O–H groups in total. The Morgan fingerprint density at radius 3 is 2.15 bits per heavy atom. The maximum absolute atomic E-state index is 14.7. The average molecular weight is 645 g/mol. The smallest absolute Gasteiger partial charge is 0.136 e. The third-order valence-electron chi connectivity index (χ3n) is 15.1. The fraction of sp³-hybridized carbons (Fsp3) is 0.925. The molecule has 2 aliphatic heterocycles. The van der Waals surface area contributed by atoms with Crippen LogP contribution in [-0.2, 0) is 14.3 Å². The summed E-state index contributed by atoms with van der Waals surface area (Å²) in [6, 6.07) is 0.793. The number of carbonyl (C=O) groups excluding carboxylic acids is 1. The summed E-state index contributed by atoms with van der Waals surface area (Å²) in [7, 11) is 5.97. The number of Topliss-reactive ketones (excluding diaryl/α,β-unsaturated/α-hetero) is 1. The van der Waals surface area contributed by atoms with Gasteiger partial charge in [-0.3, -0.25) is 4.79 Å². The van der Waals surface area contributed by atoms with Crippen molar-refractivity contribution < 1.29 is 19.4 Å². The number of rotatable bonds is 5. The number of nitrogens with zero attached hydrogens (tertiary/aromatic N) is 2. The van der Waals surface area contributed by atoms with E-state index in [2.05, 4.69) is 92.7 Å². The van der Waals surface area contributed by atoms with Crippen LogP contribution in [0.4, 0.5) is 0 Å². The van der Waals surface area contributed by atoms with Gasteiger partial charge < -0.3 is 24.4 Å². The number of aliphatic hydroxyl groups excluding tert-OH is 1. The Kier molecular flexibility index (Phi) is 11.6. The molecule has 0 amide bonds. The zero-order chi connectivity index (χ0) is 34.5. The van der Waals surface area contributed by atoms with Gasteiger partial charge in [-0.05, 0) is 106 Å². The quantitative estimate of drug-likeness (QED) is 0.331. The van der Waals surface area contributed by atoms with Gasteiger partial charge in [0, 0.05) is 57.4 Å². The van der Waals surface area contributed by atoms with Crippen LogP contribution in [0, 0.1) is 58.7 Å². The summed E-state index contributed by atoms with van der Waals surface area (Å²) in [6.45, 7) is 30.0. The van der Waals surface area contributed by atoms with Crippen LogP contribution in [0.25, 0.3) is 0 Å². The number of likely N-dealkylation sites (N-methyl/N-ethyl adjacent to an activating group) is 1. The van der Waals surface area contributed by atoms with Crippen LogP contribution in [-0.4, -0.2) is 84.4 Å². The number of ether oxygens (including phenoxy) is 2. The number of ketones is 1. The minimum absolute atomic E-state index is 0.00206. The van der Waals surface area contributed by atoms with E-state index in [4.69, 9.17) is 9.47 Å². The molecule has 46 heavy (non-hydrogen) atoms. The first-order valence-electron chi connectivity index (χ1n) is 18.8. The van der Waals surface area contributed by atoms with Gasteiger partial charge in [0.1, 0.15) is 5.78 Å². The second-order valence-corrected chi connectivity index (χ2v) is 17.8. The number of hydrogen-bond acceptors (Lipinski definition) is 6. The fourth-order valence-electron chi connectivity index (χ4n) is 12.1. The average Bonchev–Trinajstić information content (AvgIpc) is 3.18. The van der Waals surface area contributed by atoms with Crippen molar-refractivity contribution >= 4 is 5.78 Å². The van der Waals surface area contributed by atoms with Gasteiger partial charge >= 0.3 is 0 Å². The summed E-state index contributed by atoms with van der Waals surface area (Å²) in [5.74, 6) is 2.95. The molecule has 266 valence electrons. The second-order valence-electron chi connectivity index (χ2n) is 17.8. The largest absolute Gasteiger partial charge is 0.390 e. The maximum Gasteiger partial charge on any atom is 0.136 e. The lowest BCUT2D eigenvalue weighted by molar-refractivity contribution is -0.151. The van der Waals surface area contributed by atoms with E-state index in [1.807, 2.05) is 7.11 Å². The Morgan fingerprint density at radius 2 is 1.57 bits per heavy atom. The first-order valence-corrected chi connectivity index (χ1v) is 18.8. The summed E-state index contributed by atoms with van der Waals surface area (Å²) in [6.07, 6.45) is 5.93. The van der Waals surface area contributed by atoms with E-state index in [1.54, 1.807) is 7.11 Å². The monoisotopic (exact) mass is 645 g/mol. The van der Waals surface area contributed by atoms with Crippen LogP contribution < -0.4 is 0 Å². The molecular formula is C40H72N2O4. The van der Waals surface area contributed by atoms with Crippen LogP contribution in [0.3, 0.4) is 0 Å². The molecule has 2 aliphatic carbocycles. The Bertz CT molecular complexity index is 1080. The van der Waals surface area contributed by atoms with Crippen LogP contribution in [0.1, 0.15) is 114 Å². The highest BCUT2D eigenvalue weighted by Crippen LogP contribution is 2.55. The van der Waals surface area contributed by atoms with E-state index in [9.17, 15) is 9.90 Å². The third kappa shape index (κ3) is 6.64. The molecule has 5 unspecified atom stereocenters. The van der Waals surface area contributed by atoms with Gasteiger partial charge in [0.2, 0.25) is 0 Å². The third-order valence-corrected chi connectivity index (χ3v) is 15.1.